The van der Waals surface area contributed by atoms with Crippen LogP contribution >= 0.6 is 0 Å². The van der Waals surface area contributed by atoms with Crippen molar-refractivity contribution in [2.45, 2.75) is 57.7 Å². The van der Waals surface area contributed by atoms with Crippen LogP contribution in [0, 0.1) is 17.2 Å². The molecule has 4 aromatic rings. The minimum absolute atomic E-state index is 0.182. The van der Waals surface area contributed by atoms with Crippen molar-refractivity contribution in [3.8, 4) is 23.1 Å². The number of rotatable bonds is 9. The van der Waals surface area contributed by atoms with Crippen LogP contribution in [0.25, 0.3) is 22.2 Å². The molecule has 2 fully saturated rings. The van der Waals surface area contributed by atoms with Crippen LogP contribution in [-0.2, 0) is 6.54 Å². The fraction of sp³-hybridized carbons (Fsp3) is 0.379. The molecule has 0 bridgehead atoms. The van der Waals surface area contributed by atoms with Gasteiger partial charge in [-0.25, -0.2) is 14.5 Å². The monoisotopic (exact) mass is 509 g/mol. The normalized spacial score (nSPS) is 16.0. The van der Waals surface area contributed by atoms with Crippen LogP contribution in [0.5, 0.6) is 5.75 Å². The zero-order chi connectivity index (χ0) is 26.1. The van der Waals surface area contributed by atoms with E-state index in [1.807, 2.05) is 42.5 Å². The van der Waals surface area contributed by atoms with E-state index in [4.69, 9.17) is 4.74 Å². The first-order valence-corrected chi connectivity index (χ1v) is 13.3. The van der Waals surface area contributed by atoms with Crippen LogP contribution in [-0.4, -0.2) is 38.0 Å². The molecular weight excluding hydrogens is 478 g/mol. The number of fused-ring (bicyclic) bond motifs is 1. The zero-order valence-corrected chi connectivity index (χ0v) is 21.4. The molecule has 0 radical (unpaired) electrons. The summed E-state index contributed by atoms with van der Waals surface area (Å²) >= 11 is 0. The molecule has 2 aliphatic carbocycles. The van der Waals surface area contributed by atoms with E-state index in [0.29, 0.717) is 30.7 Å². The molecule has 0 aliphatic heterocycles. The van der Waals surface area contributed by atoms with E-state index < -0.39 is 0 Å². The Bertz CT molecular complexity index is 1480. The number of hydrogen-bond acceptors (Lipinski definition) is 5. The van der Waals surface area contributed by atoms with Gasteiger partial charge >= 0.3 is 6.03 Å². The number of amides is 2. The Morgan fingerprint density at radius 3 is 2.66 bits per heavy atom. The summed E-state index contributed by atoms with van der Waals surface area (Å²) in [5.41, 5.74) is 4.27. The second kappa shape index (κ2) is 10.2. The quantitative estimate of drug-likeness (QED) is 0.310. The second-order valence-electron chi connectivity index (χ2n) is 10.3. The lowest BCUT2D eigenvalue weighted by atomic mass is 9.92. The summed E-state index contributed by atoms with van der Waals surface area (Å²) in [4.78, 5) is 16.4. The van der Waals surface area contributed by atoms with E-state index in [-0.39, 0.29) is 12.1 Å². The smallest absolute Gasteiger partial charge is 0.319 e. The number of nitrogens with one attached hydrogen (secondary N) is 2. The molecule has 2 aromatic heterocycles. The van der Waals surface area contributed by atoms with Gasteiger partial charge in [0.2, 0.25) is 0 Å². The number of ether oxygens (including phenoxy) is 1. The van der Waals surface area contributed by atoms with Gasteiger partial charge in [-0.1, -0.05) is 12.1 Å². The Kier molecular flexibility index (Phi) is 6.46. The molecule has 1 unspecified atom stereocenters. The highest BCUT2D eigenvalue weighted by Crippen LogP contribution is 2.43. The Hall–Kier alpha value is -4.32. The average Bonchev–Trinajstić information content (AvgIpc) is 3.53. The Morgan fingerprint density at radius 2 is 2.00 bits per heavy atom. The van der Waals surface area contributed by atoms with E-state index in [2.05, 4.69) is 38.3 Å². The Morgan fingerprint density at radius 1 is 1.18 bits per heavy atom. The summed E-state index contributed by atoms with van der Waals surface area (Å²) in [5, 5.41) is 21.2. The summed E-state index contributed by atoms with van der Waals surface area (Å²) in [6, 6.07) is 16.5. The van der Waals surface area contributed by atoms with Gasteiger partial charge in [0.05, 0.1) is 23.3 Å². The van der Waals surface area contributed by atoms with Gasteiger partial charge < -0.3 is 19.9 Å². The van der Waals surface area contributed by atoms with Gasteiger partial charge in [0.25, 0.3) is 0 Å². The van der Waals surface area contributed by atoms with E-state index in [0.717, 1.165) is 46.4 Å². The number of carbonyl (C=O) groups excluding carboxylic acids is 1. The highest BCUT2D eigenvalue weighted by Gasteiger charge is 2.29. The molecule has 9 heteroatoms. The maximum atomic E-state index is 12.4. The van der Waals surface area contributed by atoms with Crippen molar-refractivity contribution in [1.29, 1.82) is 5.26 Å². The lowest BCUT2D eigenvalue weighted by Crippen LogP contribution is -2.37. The van der Waals surface area contributed by atoms with Gasteiger partial charge in [-0.2, -0.15) is 10.4 Å². The second-order valence-corrected chi connectivity index (χ2v) is 10.3. The summed E-state index contributed by atoms with van der Waals surface area (Å²) in [7, 11) is 0. The van der Waals surface area contributed by atoms with Crippen LogP contribution in [0.2, 0.25) is 0 Å². The molecule has 0 saturated heterocycles. The first-order chi connectivity index (χ1) is 18.6. The van der Waals surface area contributed by atoms with E-state index in [9.17, 15) is 10.1 Å². The predicted molar refractivity (Wildman–Crippen MR) is 145 cm³/mol. The maximum absolute atomic E-state index is 12.4. The molecule has 2 aliphatic rings. The van der Waals surface area contributed by atoms with E-state index >= 15 is 0 Å². The summed E-state index contributed by atoms with van der Waals surface area (Å²) in [5.74, 6) is 1.36. The number of aromatic nitrogens is 4. The third kappa shape index (κ3) is 4.82. The van der Waals surface area contributed by atoms with Gasteiger partial charge in [-0.05, 0) is 74.8 Å². The van der Waals surface area contributed by atoms with E-state index in [1.165, 1.54) is 25.6 Å². The lowest BCUT2D eigenvalue weighted by molar-refractivity contribution is 0.248. The minimum Gasteiger partial charge on any atom is -0.492 e. The van der Waals surface area contributed by atoms with E-state index in [1.54, 1.807) is 11.0 Å². The van der Waals surface area contributed by atoms with Crippen LogP contribution in [0.4, 0.5) is 10.5 Å². The van der Waals surface area contributed by atoms with Gasteiger partial charge in [0, 0.05) is 29.2 Å². The largest absolute Gasteiger partial charge is 0.492 e. The summed E-state index contributed by atoms with van der Waals surface area (Å²) in [6.45, 7) is 3.13. The topological polar surface area (TPSA) is 110 Å². The van der Waals surface area contributed by atoms with Crippen molar-refractivity contribution in [1.82, 2.24) is 24.6 Å². The fourth-order valence-electron chi connectivity index (χ4n) is 5.21. The number of hydrogen-bond donors (Lipinski definition) is 2. The highest BCUT2D eigenvalue weighted by molar-refractivity contribution is 5.96. The Balaban J connectivity index is 1.27. The summed E-state index contributed by atoms with van der Waals surface area (Å²) < 4.78 is 10.1. The number of carbonyl (C=O) groups is 1. The summed E-state index contributed by atoms with van der Waals surface area (Å²) in [6.07, 6.45) is 8.89. The molecule has 0 spiro atoms. The highest BCUT2D eigenvalue weighted by atomic mass is 16.5. The molecule has 9 nitrogen and oxygen atoms in total. The molecule has 2 aromatic carbocycles. The van der Waals surface area contributed by atoms with Crippen LogP contribution in [0.1, 0.15) is 50.6 Å². The van der Waals surface area contributed by atoms with Gasteiger partial charge in [0.1, 0.15) is 31.1 Å². The standard InChI is InChI=1S/C29H31N7O2/c1-19(20-5-6-20)33-29(37)34-22-9-7-21(8-10-22)28-26(16-30)25-12-11-24(38-14-13-35-18-31-17-32-35)15-27(25)36(28)23-3-2-4-23/h7-12,15,17-20,23H,2-6,13-14H2,1H3,(H2,33,34,37). The van der Waals surface area contributed by atoms with Crippen LogP contribution in [0.15, 0.2) is 55.1 Å². The average molecular weight is 510 g/mol. The molecule has 2 N–H and O–H groups in total. The van der Waals surface area contributed by atoms with Crippen molar-refractivity contribution in [3.05, 3.63) is 60.7 Å². The molecule has 6 rings (SSSR count). The van der Waals surface area contributed by atoms with Crippen LogP contribution in [0.3, 0.4) is 0 Å². The van der Waals surface area contributed by atoms with Crippen molar-refractivity contribution in [2.24, 2.45) is 5.92 Å². The van der Waals surface area contributed by atoms with Crippen molar-refractivity contribution in [3.63, 3.8) is 0 Å². The number of anilines is 1. The molecule has 2 saturated carbocycles. The van der Waals surface area contributed by atoms with Gasteiger partial charge in [-0.15, -0.1) is 0 Å². The van der Waals surface area contributed by atoms with Crippen molar-refractivity contribution >= 4 is 22.6 Å². The number of nitrogens with zero attached hydrogens (tertiary/aromatic N) is 5. The zero-order valence-electron chi connectivity index (χ0n) is 21.4. The maximum Gasteiger partial charge on any atom is 0.319 e. The SMILES string of the molecule is CC(NC(=O)Nc1ccc(-c2c(C#N)c3ccc(OCCn4cncn4)cc3n2C2CCC2)cc1)C1CC1. The number of urea groups is 1. The van der Waals surface area contributed by atoms with Crippen molar-refractivity contribution < 1.29 is 9.53 Å². The molecule has 1 atom stereocenters. The third-order valence-electron chi connectivity index (χ3n) is 7.69. The first kappa shape index (κ1) is 24.0. The predicted octanol–water partition coefficient (Wildman–Crippen LogP) is 5.50. The molecular formula is C29H31N7O2. The molecule has 2 heterocycles. The lowest BCUT2D eigenvalue weighted by Gasteiger charge is -2.30. The van der Waals surface area contributed by atoms with Gasteiger partial charge in [-0.3, -0.25) is 0 Å². The number of benzene rings is 2. The van der Waals surface area contributed by atoms with Crippen LogP contribution < -0.4 is 15.4 Å². The number of nitriles is 1. The molecule has 38 heavy (non-hydrogen) atoms. The van der Waals surface area contributed by atoms with Gasteiger partial charge in [0.15, 0.2) is 0 Å². The fourth-order valence-corrected chi connectivity index (χ4v) is 5.21. The minimum atomic E-state index is -0.185. The first-order valence-electron chi connectivity index (χ1n) is 13.3. The van der Waals surface area contributed by atoms with Crippen molar-refractivity contribution in [2.75, 3.05) is 11.9 Å². The third-order valence-corrected chi connectivity index (χ3v) is 7.69. The Labute approximate surface area is 221 Å². The molecule has 2 amide bonds. The molecule has 194 valence electrons.